The van der Waals surface area contributed by atoms with E-state index in [1.54, 1.807) is 13.2 Å². The van der Waals surface area contributed by atoms with E-state index < -0.39 is 30.2 Å². The molecule has 0 N–H and O–H groups in total. The first-order chi connectivity index (χ1) is 34.6. The van der Waals surface area contributed by atoms with Gasteiger partial charge in [0, 0.05) is 26.7 Å². The van der Waals surface area contributed by atoms with Crippen LogP contribution in [0.3, 0.4) is 0 Å². The summed E-state index contributed by atoms with van der Waals surface area (Å²) in [5.74, 6) is -0.950. The van der Waals surface area contributed by atoms with Crippen LogP contribution in [0.15, 0.2) is 188 Å². The van der Waals surface area contributed by atoms with Crippen molar-refractivity contribution >= 4 is 0 Å². The van der Waals surface area contributed by atoms with E-state index >= 15 is 0 Å². The lowest BCUT2D eigenvalue weighted by Gasteiger charge is -2.38. The Kier molecular flexibility index (Phi) is 19.3. The summed E-state index contributed by atoms with van der Waals surface area (Å²) < 4.78 is 80.9. The quantitative estimate of drug-likeness (QED) is 0.0487. The third-order valence-corrected chi connectivity index (χ3v) is 11.9. The summed E-state index contributed by atoms with van der Waals surface area (Å²) in [6.45, 7) is 8.39. The summed E-state index contributed by atoms with van der Waals surface area (Å²) in [4.78, 5) is 2.25. The first kappa shape index (κ1) is 50.4. The molecule has 3 aliphatic rings. The highest BCUT2D eigenvalue weighted by atomic mass is 16.8. The standard InChI is InChI=1S/C57H65NO12/c1-3-32-62-43-57-55(67-40-48-27-17-8-18-28-48)52(64-37-45-21-11-5-12-22-45)50(69-57)42-61-35-31-58(29-33-59-2)30-34-60-41-49-51(63-36-44-19-9-4-10-20-44)53(65-38-46-23-13-6-14-24-46)54(56(68-49)70-57)66-39-47-25-15-7-16-26-47/h3-28,49-50,52,55H,1,29-43H2,2H3/t49-,50-,52-,55+,57+/m1/s1. The minimum absolute atomic E-state index is 0.0349. The van der Waals surface area contributed by atoms with Crippen LogP contribution in [-0.2, 0) is 89.9 Å². The van der Waals surface area contributed by atoms with Crippen molar-refractivity contribution in [1.29, 1.82) is 0 Å². The largest absolute Gasteiger partial charge is 0.485 e. The maximum atomic E-state index is 7.33. The Bertz CT molecular complexity index is 2350. The Balaban J connectivity index is 1.28. The van der Waals surface area contributed by atoms with Crippen molar-refractivity contribution in [1.82, 2.24) is 4.90 Å². The molecule has 5 aromatic rings. The van der Waals surface area contributed by atoms with Gasteiger partial charge in [0.15, 0.2) is 18.0 Å². The van der Waals surface area contributed by atoms with E-state index in [0.717, 1.165) is 27.8 Å². The fraction of sp³-hybridized carbons (Fsp3) is 0.368. The van der Waals surface area contributed by atoms with Crippen LogP contribution in [0.2, 0.25) is 0 Å². The Morgan fingerprint density at radius 2 is 1.11 bits per heavy atom. The van der Waals surface area contributed by atoms with Crippen LogP contribution in [0, 0.1) is 0 Å². The Morgan fingerprint density at radius 1 is 0.614 bits per heavy atom. The van der Waals surface area contributed by atoms with Gasteiger partial charge in [-0.15, -0.1) is 6.58 Å². The zero-order chi connectivity index (χ0) is 48.1. The van der Waals surface area contributed by atoms with E-state index in [1.807, 2.05) is 152 Å². The van der Waals surface area contributed by atoms with Crippen LogP contribution in [0.1, 0.15) is 27.8 Å². The summed E-state index contributed by atoms with van der Waals surface area (Å²) in [7, 11) is 1.70. The van der Waals surface area contributed by atoms with Crippen LogP contribution in [-0.4, -0.2) is 108 Å². The lowest BCUT2D eigenvalue weighted by molar-refractivity contribution is -0.295. The second-order valence-corrected chi connectivity index (χ2v) is 17.1. The highest BCUT2D eigenvalue weighted by Gasteiger charge is 2.61. The predicted molar refractivity (Wildman–Crippen MR) is 262 cm³/mol. The Hall–Kier alpha value is -6.00. The Labute approximate surface area is 412 Å². The van der Waals surface area contributed by atoms with E-state index in [-0.39, 0.29) is 76.9 Å². The number of fused-ring (bicyclic) bond motifs is 4. The number of nitrogens with zero attached hydrogens (tertiary/aromatic N) is 1. The van der Waals surface area contributed by atoms with E-state index in [1.165, 1.54) is 0 Å². The molecule has 70 heavy (non-hydrogen) atoms. The van der Waals surface area contributed by atoms with Crippen LogP contribution in [0.25, 0.3) is 0 Å². The first-order valence-electron chi connectivity index (χ1n) is 24.0. The molecule has 8 rings (SSSR count). The fourth-order valence-electron chi connectivity index (χ4n) is 8.29. The lowest BCUT2D eigenvalue weighted by atomic mass is 10.0. The van der Waals surface area contributed by atoms with Gasteiger partial charge >= 0.3 is 5.95 Å². The second kappa shape index (κ2) is 26.8. The van der Waals surface area contributed by atoms with Gasteiger partial charge in [-0.2, -0.15) is 0 Å². The smallest absolute Gasteiger partial charge is 0.331 e. The van der Waals surface area contributed by atoms with Crippen molar-refractivity contribution in [2.24, 2.45) is 0 Å². The molecular formula is C57H65NO12. The highest BCUT2D eigenvalue weighted by Crippen LogP contribution is 2.43. The summed E-state index contributed by atoms with van der Waals surface area (Å²) in [6, 6.07) is 49.6. The van der Waals surface area contributed by atoms with E-state index in [2.05, 4.69) is 11.5 Å². The molecule has 5 atom stereocenters. The average molecular weight is 956 g/mol. The monoisotopic (exact) mass is 955 g/mol. The number of benzene rings is 5. The van der Waals surface area contributed by atoms with Gasteiger partial charge < -0.3 is 56.8 Å². The third kappa shape index (κ3) is 14.3. The van der Waals surface area contributed by atoms with Gasteiger partial charge in [-0.05, 0) is 27.8 Å². The number of ether oxygens (including phenoxy) is 12. The predicted octanol–water partition coefficient (Wildman–Crippen LogP) is 8.90. The number of hydrogen-bond donors (Lipinski definition) is 0. The van der Waals surface area contributed by atoms with Crippen LogP contribution >= 0.6 is 0 Å². The van der Waals surface area contributed by atoms with Gasteiger partial charge in [0.25, 0.3) is 5.79 Å². The topological polar surface area (TPSA) is 114 Å². The van der Waals surface area contributed by atoms with Crippen molar-refractivity contribution in [2.75, 3.05) is 73.0 Å². The molecule has 0 unspecified atom stereocenters. The molecule has 2 fully saturated rings. The van der Waals surface area contributed by atoms with E-state index in [4.69, 9.17) is 56.8 Å². The molecule has 13 heteroatoms. The van der Waals surface area contributed by atoms with Gasteiger partial charge in [-0.3, -0.25) is 4.90 Å². The average Bonchev–Trinajstić information content (AvgIpc) is 3.69. The summed E-state index contributed by atoms with van der Waals surface area (Å²) >= 11 is 0. The molecule has 5 aromatic carbocycles. The van der Waals surface area contributed by atoms with Gasteiger partial charge in [-0.25, -0.2) is 0 Å². The molecule has 3 heterocycles. The maximum Gasteiger partial charge on any atom is 0.331 e. The molecule has 3 aliphatic heterocycles. The Morgan fingerprint density at radius 3 is 1.66 bits per heavy atom. The molecular weight excluding hydrogens is 891 g/mol. The molecule has 0 radical (unpaired) electrons. The van der Waals surface area contributed by atoms with Crippen molar-refractivity contribution in [3.05, 3.63) is 215 Å². The molecule has 370 valence electrons. The van der Waals surface area contributed by atoms with Gasteiger partial charge in [0.05, 0.1) is 52.9 Å². The van der Waals surface area contributed by atoms with E-state index in [0.29, 0.717) is 45.2 Å². The normalized spacial score (nSPS) is 22.2. The van der Waals surface area contributed by atoms with Gasteiger partial charge in [0.1, 0.15) is 38.6 Å². The number of hydrogen-bond acceptors (Lipinski definition) is 13. The highest BCUT2D eigenvalue weighted by molar-refractivity contribution is 5.32. The molecule has 13 nitrogen and oxygen atoms in total. The zero-order valence-corrected chi connectivity index (χ0v) is 40.0. The maximum absolute atomic E-state index is 7.33. The molecule has 0 aliphatic carbocycles. The number of methoxy groups -OCH3 is 1. The molecule has 0 aromatic heterocycles. The molecule has 0 saturated carbocycles. The van der Waals surface area contributed by atoms with Crippen LogP contribution in [0.4, 0.5) is 0 Å². The minimum atomic E-state index is -1.73. The van der Waals surface area contributed by atoms with Crippen molar-refractivity contribution in [2.45, 2.75) is 63.2 Å². The second-order valence-electron chi connectivity index (χ2n) is 17.1. The molecule has 4 bridgehead atoms. The SMILES string of the molecule is C=CCOC[C@@]12OC3=C(OCc4ccccc4)C(OCc4ccccc4)=C(OCc4ccccc4)[C@@H](COCCN(CCOC)CCOC[C@@H](O1)[C@@H](OCc1ccccc1)[C@@H]2OCc1ccccc1)O3. The summed E-state index contributed by atoms with van der Waals surface area (Å²) in [6.07, 6.45) is -1.58. The van der Waals surface area contributed by atoms with Crippen LogP contribution in [0.5, 0.6) is 0 Å². The van der Waals surface area contributed by atoms with Gasteiger partial charge in [-0.1, -0.05) is 158 Å². The summed E-state index contributed by atoms with van der Waals surface area (Å²) in [5.41, 5.74) is 4.69. The molecule has 0 spiro atoms. The van der Waals surface area contributed by atoms with Crippen molar-refractivity contribution < 1.29 is 56.8 Å². The number of rotatable bonds is 22. The first-order valence-corrected chi connectivity index (χ1v) is 24.0. The minimum Gasteiger partial charge on any atom is -0.485 e. The fourth-order valence-corrected chi connectivity index (χ4v) is 8.29. The van der Waals surface area contributed by atoms with Gasteiger partial charge in [0.2, 0.25) is 11.5 Å². The zero-order valence-electron chi connectivity index (χ0n) is 40.0. The lowest BCUT2D eigenvalue weighted by Crippen LogP contribution is -2.52. The third-order valence-electron chi connectivity index (χ3n) is 11.9. The molecule has 2 saturated heterocycles. The van der Waals surface area contributed by atoms with Crippen LogP contribution < -0.4 is 0 Å². The van der Waals surface area contributed by atoms with Crippen molar-refractivity contribution in [3.8, 4) is 0 Å². The van der Waals surface area contributed by atoms with Crippen molar-refractivity contribution in [3.63, 3.8) is 0 Å². The van der Waals surface area contributed by atoms with E-state index in [9.17, 15) is 0 Å². The summed E-state index contributed by atoms with van der Waals surface area (Å²) in [5, 5.41) is 0. The molecule has 0 amide bonds.